The Morgan fingerprint density at radius 1 is 1.39 bits per heavy atom. The van der Waals surface area contributed by atoms with Crippen LogP contribution in [0.2, 0.25) is 0 Å². The zero-order valence-corrected chi connectivity index (χ0v) is 11.5. The Hall–Kier alpha value is -1.06. The van der Waals surface area contributed by atoms with Crippen LogP contribution in [-0.2, 0) is 4.74 Å². The first-order valence-electron chi connectivity index (χ1n) is 6.90. The van der Waals surface area contributed by atoms with Gasteiger partial charge in [-0.2, -0.15) is 0 Å². The van der Waals surface area contributed by atoms with Gasteiger partial charge < -0.3 is 15.0 Å². The first kappa shape index (κ1) is 13.4. The number of fused-ring (bicyclic) bond motifs is 1. The quantitative estimate of drug-likeness (QED) is 0.749. The summed E-state index contributed by atoms with van der Waals surface area (Å²) in [7, 11) is 1.77. The molecule has 0 spiro atoms. The van der Waals surface area contributed by atoms with Crippen molar-refractivity contribution in [2.45, 2.75) is 19.3 Å². The van der Waals surface area contributed by atoms with Gasteiger partial charge in [-0.25, -0.2) is 0 Å². The van der Waals surface area contributed by atoms with E-state index in [9.17, 15) is 0 Å². The largest absolute Gasteiger partial charge is 0.385 e. The Kier molecular flexibility index (Phi) is 5.02. The topological polar surface area (TPSA) is 24.5 Å². The van der Waals surface area contributed by atoms with Crippen LogP contribution in [0.5, 0.6) is 0 Å². The molecule has 0 bridgehead atoms. The fourth-order valence-corrected chi connectivity index (χ4v) is 2.69. The number of anilines is 1. The second-order valence-corrected chi connectivity index (χ2v) is 4.86. The van der Waals surface area contributed by atoms with E-state index in [-0.39, 0.29) is 0 Å². The van der Waals surface area contributed by atoms with E-state index in [0.717, 1.165) is 39.2 Å². The van der Waals surface area contributed by atoms with Crippen molar-refractivity contribution in [3.63, 3.8) is 0 Å². The lowest BCUT2D eigenvalue weighted by molar-refractivity contribution is 0.196. The number of benzene rings is 1. The van der Waals surface area contributed by atoms with E-state index in [0.29, 0.717) is 5.92 Å². The SMILES string of the molecule is CCNCC1CN(CCCOC)c2ccccc21. The lowest BCUT2D eigenvalue weighted by atomic mass is 10.0. The minimum Gasteiger partial charge on any atom is -0.385 e. The lowest BCUT2D eigenvalue weighted by Gasteiger charge is -2.19. The summed E-state index contributed by atoms with van der Waals surface area (Å²) in [6, 6.07) is 8.80. The van der Waals surface area contributed by atoms with Gasteiger partial charge in [-0.05, 0) is 24.6 Å². The molecule has 0 saturated carbocycles. The lowest BCUT2D eigenvalue weighted by Crippen LogP contribution is -2.28. The Morgan fingerprint density at radius 3 is 3.00 bits per heavy atom. The van der Waals surface area contributed by atoms with Crippen molar-refractivity contribution in [2.24, 2.45) is 0 Å². The first-order chi connectivity index (χ1) is 8.86. The van der Waals surface area contributed by atoms with Crippen molar-refractivity contribution in [1.29, 1.82) is 0 Å². The summed E-state index contributed by atoms with van der Waals surface area (Å²) < 4.78 is 5.14. The minimum absolute atomic E-state index is 0.628. The molecule has 1 aromatic rings. The number of likely N-dealkylation sites (N-methyl/N-ethyl adjacent to an activating group) is 1. The van der Waals surface area contributed by atoms with Crippen molar-refractivity contribution < 1.29 is 4.74 Å². The van der Waals surface area contributed by atoms with Crippen molar-refractivity contribution in [3.8, 4) is 0 Å². The summed E-state index contributed by atoms with van der Waals surface area (Å²) in [5.41, 5.74) is 2.91. The molecule has 1 aliphatic heterocycles. The summed E-state index contributed by atoms with van der Waals surface area (Å²) in [6.07, 6.45) is 1.10. The second-order valence-electron chi connectivity index (χ2n) is 4.86. The predicted molar refractivity (Wildman–Crippen MR) is 76.4 cm³/mol. The highest BCUT2D eigenvalue weighted by Gasteiger charge is 2.27. The third-order valence-corrected chi connectivity index (χ3v) is 3.58. The molecule has 0 radical (unpaired) electrons. The van der Waals surface area contributed by atoms with E-state index in [1.54, 1.807) is 7.11 Å². The Morgan fingerprint density at radius 2 is 2.22 bits per heavy atom. The van der Waals surface area contributed by atoms with Gasteiger partial charge in [0.1, 0.15) is 0 Å². The standard InChI is InChI=1S/C15H24N2O/c1-3-16-11-13-12-17(9-6-10-18-2)15-8-5-4-7-14(13)15/h4-5,7-8,13,16H,3,6,9-12H2,1-2H3. The molecule has 1 unspecified atom stereocenters. The van der Waals surface area contributed by atoms with Crippen LogP contribution < -0.4 is 10.2 Å². The highest BCUT2D eigenvalue weighted by Crippen LogP contribution is 2.35. The average Bonchev–Trinajstić information content (AvgIpc) is 2.76. The molecule has 0 aliphatic carbocycles. The molecule has 1 atom stereocenters. The number of ether oxygens (including phenoxy) is 1. The van der Waals surface area contributed by atoms with Crippen LogP contribution in [-0.4, -0.2) is 39.9 Å². The van der Waals surface area contributed by atoms with E-state index in [4.69, 9.17) is 4.74 Å². The van der Waals surface area contributed by atoms with Gasteiger partial charge in [0.25, 0.3) is 0 Å². The van der Waals surface area contributed by atoms with Gasteiger partial charge in [0.05, 0.1) is 0 Å². The van der Waals surface area contributed by atoms with Crippen LogP contribution >= 0.6 is 0 Å². The molecule has 3 heteroatoms. The van der Waals surface area contributed by atoms with Gasteiger partial charge in [0, 0.05) is 45.0 Å². The van der Waals surface area contributed by atoms with Crippen LogP contribution in [0.15, 0.2) is 24.3 Å². The summed E-state index contributed by atoms with van der Waals surface area (Å²) >= 11 is 0. The van der Waals surface area contributed by atoms with E-state index >= 15 is 0 Å². The molecule has 0 fully saturated rings. The van der Waals surface area contributed by atoms with Crippen LogP contribution in [0.1, 0.15) is 24.8 Å². The number of hydrogen-bond donors (Lipinski definition) is 1. The molecule has 3 nitrogen and oxygen atoms in total. The first-order valence-corrected chi connectivity index (χ1v) is 6.90. The van der Waals surface area contributed by atoms with Gasteiger partial charge in [-0.15, -0.1) is 0 Å². The molecule has 18 heavy (non-hydrogen) atoms. The molecular weight excluding hydrogens is 224 g/mol. The maximum Gasteiger partial charge on any atom is 0.0479 e. The van der Waals surface area contributed by atoms with Crippen molar-refractivity contribution in [1.82, 2.24) is 5.32 Å². The Bertz CT molecular complexity index is 367. The van der Waals surface area contributed by atoms with Crippen molar-refractivity contribution in [2.75, 3.05) is 44.8 Å². The highest BCUT2D eigenvalue weighted by molar-refractivity contribution is 5.60. The van der Waals surface area contributed by atoms with Crippen LogP contribution in [0, 0.1) is 0 Å². The molecule has 1 aliphatic rings. The van der Waals surface area contributed by atoms with Crippen LogP contribution in [0.3, 0.4) is 0 Å². The van der Waals surface area contributed by atoms with Gasteiger partial charge >= 0.3 is 0 Å². The molecule has 1 heterocycles. The summed E-state index contributed by atoms with van der Waals surface area (Å²) in [4.78, 5) is 2.50. The zero-order valence-electron chi connectivity index (χ0n) is 11.5. The minimum atomic E-state index is 0.628. The Labute approximate surface area is 110 Å². The maximum atomic E-state index is 5.14. The Balaban J connectivity index is 2.02. The van der Waals surface area contributed by atoms with Crippen LogP contribution in [0.4, 0.5) is 5.69 Å². The fraction of sp³-hybridized carbons (Fsp3) is 0.600. The van der Waals surface area contributed by atoms with Crippen molar-refractivity contribution in [3.05, 3.63) is 29.8 Å². The highest BCUT2D eigenvalue weighted by atomic mass is 16.5. The van der Waals surface area contributed by atoms with E-state index in [2.05, 4.69) is 41.4 Å². The van der Waals surface area contributed by atoms with Gasteiger partial charge in [0.15, 0.2) is 0 Å². The van der Waals surface area contributed by atoms with E-state index in [1.165, 1.54) is 11.3 Å². The molecule has 100 valence electrons. The smallest absolute Gasteiger partial charge is 0.0479 e. The number of methoxy groups -OCH3 is 1. The fourth-order valence-electron chi connectivity index (χ4n) is 2.69. The molecule has 0 amide bonds. The average molecular weight is 248 g/mol. The number of hydrogen-bond acceptors (Lipinski definition) is 3. The molecular formula is C15H24N2O. The number of rotatable bonds is 7. The maximum absolute atomic E-state index is 5.14. The summed E-state index contributed by atoms with van der Waals surface area (Å²) in [5.74, 6) is 0.628. The molecule has 1 N–H and O–H groups in total. The number of nitrogens with zero attached hydrogens (tertiary/aromatic N) is 1. The normalized spacial score (nSPS) is 18.1. The predicted octanol–water partition coefficient (Wildman–Crippen LogP) is 2.24. The molecule has 0 saturated heterocycles. The number of para-hydroxylation sites is 1. The third-order valence-electron chi connectivity index (χ3n) is 3.58. The molecule has 0 aromatic heterocycles. The summed E-state index contributed by atoms with van der Waals surface area (Å²) in [5, 5.41) is 3.47. The van der Waals surface area contributed by atoms with E-state index in [1.807, 2.05) is 0 Å². The van der Waals surface area contributed by atoms with Gasteiger partial charge in [0.2, 0.25) is 0 Å². The third kappa shape index (κ3) is 3.03. The monoisotopic (exact) mass is 248 g/mol. The summed E-state index contributed by atoms with van der Waals surface area (Å²) in [6.45, 7) is 7.36. The van der Waals surface area contributed by atoms with Gasteiger partial charge in [-0.3, -0.25) is 0 Å². The molecule has 2 rings (SSSR count). The number of nitrogens with one attached hydrogen (secondary N) is 1. The second kappa shape index (κ2) is 6.76. The van der Waals surface area contributed by atoms with E-state index < -0.39 is 0 Å². The van der Waals surface area contributed by atoms with Crippen molar-refractivity contribution >= 4 is 5.69 Å². The molecule has 1 aromatic carbocycles. The zero-order chi connectivity index (χ0) is 12.8. The van der Waals surface area contributed by atoms with Gasteiger partial charge in [-0.1, -0.05) is 25.1 Å². The van der Waals surface area contributed by atoms with Crippen LogP contribution in [0.25, 0.3) is 0 Å².